The first-order chi connectivity index (χ1) is 9.63. The Morgan fingerprint density at radius 1 is 1.35 bits per heavy atom. The molecule has 0 radical (unpaired) electrons. The van der Waals surface area contributed by atoms with Crippen molar-refractivity contribution >= 4 is 33.9 Å². The van der Waals surface area contributed by atoms with Crippen molar-refractivity contribution in [3.8, 4) is 0 Å². The van der Waals surface area contributed by atoms with Crippen molar-refractivity contribution in [3.05, 3.63) is 55.0 Å². The van der Waals surface area contributed by atoms with Crippen molar-refractivity contribution < 1.29 is 4.39 Å². The van der Waals surface area contributed by atoms with Crippen molar-refractivity contribution in [2.24, 2.45) is 0 Å². The molecule has 1 aliphatic carbocycles. The van der Waals surface area contributed by atoms with Gasteiger partial charge in [-0.05, 0) is 78.1 Å². The van der Waals surface area contributed by atoms with E-state index in [9.17, 15) is 4.39 Å². The van der Waals surface area contributed by atoms with E-state index in [4.69, 9.17) is 0 Å². The van der Waals surface area contributed by atoms with Gasteiger partial charge in [-0.3, -0.25) is 0 Å². The summed E-state index contributed by atoms with van der Waals surface area (Å²) in [6, 6.07) is 9.79. The van der Waals surface area contributed by atoms with E-state index in [1.807, 2.05) is 23.5 Å². The zero-order valence-electron chi connectivity index (χ0n) is 11.3. The SMILES string of the molecule is CC(NC1CCCc2sc(I)cc21)c1ccc(F)cc1. The summed E-state index contributed by atoms with van der Waals surface area (Å²) in [5.74, 6) is -0.173. The second-order valence-corrected chi connectivity index (χ2v) is 8.34. The van der Waals surface area contributed by atoms with E-state index in [1.54, 1.807) is 0 Å². The molecule has 2 unspecified atom stereocenters. The van der Waals surface area contributed by atoms with Gasteiger partial charge in [0.2, 0.25) is 0 Å². The minimum absolute atomic E-state index is 0.173. The molecule has 1 aromatic heterocycles. The highest BCUT2D eigenvalue weighted by atomic mass is 127. The van der Waals surface area contributed by atoms with Crippen molar-refractivity contribution in [1.29, 1.82) is 0 Å². The molecule has 0 amide bonds. The topological polar surface area (TPSA) is 12.0 Å². The molecule has 106 valence electrons. The van der Waals surface area contributed by atoms with Gasteiger partial charge in [0, 0.05) is 17.0 Å². The molecule has 2 atom stereocenters. The second kappa shape index (κ2) is 6.12. The highest BCUT2D eigenvalue weighted by molar-refractivity contribution is 14.1. The van der Waals surface area contributed by atoms with Crippen LogP contribution in [-0.4, -0.2) is 0 Å². The molecular formula is C16H17FINS. The van der Waals surface area contributed by atoms with Crippen LogP contribution in [0.2, 0.25) is 0 Å². The Morgan fingerprint density at radius 2 is 2.10 bits per heavy atom. The Kier molecular flexibility index (Phi) is 4.43. The number of hydrogen-bond acceptors (Lipinski definition) is 2. The fourth-order valence-corrected chi connectivity index (χ4v) is 4.96. The van der Waals surface area contributed by atoms with Crippen LogP contribution in [-0.2, 0) is 6.42 Å². The maximum atomic E-state index is 13.0. The number of nitrogens with one attached hydrogen (secondary N) is 1. The largest absolute Gasteiger partial charge is 0.303 e. The molecule has 1 nitrogen and oxygen atoms in total. The highest BCUT2D eigenvalue weighted by Crippen LogP contribution is 2.37. The summed E-state index contributed by atoms with van der Waals surface area (Å²) >= 11 is 4.32. The molecule has 0 saturated carbocycles. The van der Waals surface area contributed by atoms with Gasteiger partial charge in [0.05, 0.1) is 2.88 Å². The number of halogens is 2. The van der Waals surface area contributed by atoms with Gasteiger partial charge in [0.1, 0.15) is 5.82 Å². The number of benzene rings is 1. The molecule has 0 saturated heterocycles. The molecule has 0 spiro atoms. The summed E-state index contributed by atoms with van der Waals surface area (Å²) in [6.07, 6.45) is 3.65. The van der Waals surface area contributed by atoms with E-state index in [2.05, 4.69) is 40.9 Å². The number of thiophene rings is 1. The molecule has 3 rings (SSSR count). The van der Waals surface area contributed by atoms with Crippen LogP contribution in [0.4, 0.5) is 4.39 Å². The van der Waals surface area contributed by atoms with E-state index < -0.39 is 0 Å². The van der Waals surface area contributed by atoms with Gasteiger partial charge in [-0.25, -0.2) is 4.39 Å². The van der Waals surface area contributed by atoms with Crippen LogP contribution >= 0.6 is 33.9 Å². The van der Waals surface area contributed by atoms with Crippen molar-refractivity contribution in [1.82, 2.24) is 5.32 Å². The van der Waals surface area contributed by atoms with Gasteiger partial charge in [0.15, 0.2) is 0 Å². The van der Waals surface area contributed by atoms with E-state index in [1.165, 1.54) is 44.7 Å². The maximum absolute atomic E-state index is 13.0. The third kappa shape index (κ3) is 3.07. The van der Waals surface area contributed by atoms with Crippen molar-refractivity contribution in [2.45, 2.75) is 38.3 Å². The molecule has 1 heterocycles. The Bertz CT molecular complexity index is 593. The molecule has 1 aliphatic rings. The van der Waals surface area contributed by atoms with Crippen LogP contribution in [0.3, 0.4) is 0 Å². The molecule has 4 heteroatoms. The summed E-state index contributed by atoms with van der Waals surface area (Å²) in [4.78, 5) is 1.53. The van der Waals surface area contributed by atoms with E-state index in [0.29, 0.717) is 6.04 Å². The molecule has 1 N–H and O–H groups in total. The van der Waals surface area contributed by atoms with Gasteiger partial charge in [-0.15, -0.1) is 11.3 Å². The highest BCUT2D eigenvalue weighted by Gasteiger charge is 2.24. The Morgan fingerprint density at radius 3 is 2.85 bits per heavy atom. The predicted octanol–water partition coefficient (Wildman–Crippen LogP) is 5.22. The van der Waals surface area contributed by atoms with Gasteiger partial charge in [-0.2, -0.15) is 0 Å². The Balaban J connectivity index is 1.76. The smallest absolute Gasteiger partial charge is 0.123 e. The standard InChI is InChI=1S/C16H17FINS/c1-10(11-5-7-12(17)8-6-11)19-14-3-2-4-15-13(14)9-16(18)20-15/h5-10,14,19H,2-4H2,1H3. The summed E-state index contributed by atoms with van der Waals surface area (Å²) in [7, 11) is 0. The zero-order chi connectivity index (χ0) is 14.1. The van der Waals surface area contributed by atoms with Crippen molar-refractivity contribution in [3.63, 3.8) is 0 Å². The first-order valence-corrected chi connectivity index (χ1v) is 8.82. The molecule has 0 bridgehead atoms. The lowest BCUT2D eigenvalue weighted by atomic mass is 9.93. The lowest BCUT2D eigenvalue weighted by molar-refractivity contribution is 0.418. The normalized spacial score (nSPS) is 19.6. The molecule has 0 fully saturated rings. The van der Waals surface area contributed by atoms with E-state index in [0.717, 1.165) is 5.56 Å². The predicted molar refractivity (Wildman–Crippen MR) is 90.7 cm³/mol. The molecular weight excluding hydrogens is 384 g/mol. The first kappa shape index (κ1) is 14.5. The van der Waals surface area contributed by atoms with Crippen molar-refractivity contribution in [2.75, 3.05) is 0 Å². The lowest BCUT2D eigenvalue weighted by Crippen LogP contribution is -2.27. The lowest BCUT2D eigenvalue weighted by Gasteiger charge is -2.27. The quantitative estimate of drug-likeness (QED) is 0.696. The summed E-state index contributed by atoms with van der Waals surface area (Å²) in [5, 5.41) is 3.70. The van der Waals surface area contributed by atoms with Crippen LogP contribution < -0.4 is 5.32 Å². The van der Waals surface area contributed by atoms with Gasteiger partial charge < -0.3 is 5.32 Å². The average Bonchev–Trinajstić information content (AvgIpc) is 2.81. The molecule has 20 heavy (non-hydrogen) atoms. The van der Waals surface area contributed by atoms with Crippen LogP contribution in [0.5, 0.6) is 0 Å². The minimum atomic E-state index is -0.173. The third-order valence-electron chi connectivity index (χ3n) is 3.90. The number of rotatable bonds is 3. The van der Waals surface area contributed by atoms with Crippen LogP contribution in [0.1, 0.15) is 47.9 Å². The minimum Gasteiger partial charge on any atom is -0.303 e. The fourth-order valence-electron chi connectivity index (χ4n) is 2.84. The third-order valence-corrected chi connectivity index (χ3v) is 5.88. The summed E-state index contributed by atoms with van der Waals surface area (Å²) in [5.41, 5.74) is 2.61. The van der Waals surface area contributed by atoms with Crippen LogP contribution in [0.15, 0.2) is 30.3 Å². The first-order valence-electron chi connectivity index (χ1n) is 6.93. The number of fused-ring (bicyclic) bond motifs is 1. The zero-order valence-corrected chi connectivity index (χ0v) is 14.3. The van der Waals surface area contributed by atoms with Crippen LogP contribution in [0.25, 0.3) is 0 Å². The summed E-state index contributed by atoms with van der Waals surface area (Å²) in [6.45, 7) is 2.15. The Hall–Kier alpha value is -0.460. The maximum Gasteiger partial charge on any atom is 0.123 e. The molecule has 2 aromatic rings. The number of aryl methyl sites for hydroxylation is 1. The van der Waals surface area contributed by atoms with Gasteiger partial charge in [0.25, 0.3) is 0 Å². The summed E-state index contributed by atoms with van der Waals surface area (Å²) < 4.78 is 14.4. The number of hydrogen-bond donors (Lipinski definition) is 1. The Labute approximate surface area is 136 Å². The molecule has 0 aliphatic heterocycles. The average molecular weight is 401 g/mol. The monoisotopic (exact) mass is 401 g/mol. The van der Waals surface area contributed by atoms with E-state index in [-0.39, 0.29) is 11.9 Å². The second-order valence-electron chi connectivity index (χ2n) is 5.31. The fraction of sp³-hybridized carbons (Fsp3) is 0.375. The molecule has 1 aromatic carbocycles. The van der Waals surface area contributed by atoms with Crippen LogP contribution in [0, 0.1) is 8.70 Å². The van der Waals surface area contributed by atoms with E-state index >= 15 is 0 Å². The van der Waals surface area contributed by atoms with Gasteiger partial charge >= 0.3 is 0 Å². The van der Waals surface area contributed by atoms with Gasteiger partial charge in [-0.1, -0.05) is 12.1 Å².